The van der Waals surface area contributed by atoms with Crippen molar-refractivity contribution in [1.82, 2.24) is 0 Å². The first-order chi connectivity index (χ1) is 3.31. The average molecular weight is 99.1 g/mol. The molecule has 0 aliphatic rings. The van der Waals surface area contributed by atoms with Crippen molar-refractivity contribution in [2.45, 2.75) is 19.4 Å². The Balaban J connectivity index is 3.35. The minimum atomic E-state index is -0.850. The van der Waals surface area contributed by atoms with Gasteiger partial charge < -0.3 is 0 Å². The number of hydrogen-bond acceptors (Lipinski definition) is 1. The Morgan fingerprint density at radius 3 is 2.57 bits per heavy atom. The molecule has 1 atom stereocenters. The highest BCUT2D eigenvalue weighted by atomic mass is 16.3. The molecular weight excluding hydrogens is 92.1 g/mol. The van der Waals surface area contributed by atoms with Crippen LogP contribution in [0.15, 0.2) is 6.08 Å². The molecule has 0 bridgehead atoms. The topological polar surface area (TPSA) is 37.0 Å². The summed E-state index contributed by atoms with van der Waals surface area (Å²) in [7, 11) is 0. The van der Waals surface area contributed by atoms with Gasteiger partial charge >= 0.3 is 0 Å². The van der Waals surface area contributed by atoms with Gasteiger partial charge in [0.2, 0.25) is 0 Å². The summed E-state index contributed by atoms with van der Waals surface area (Å²) in [6, 6.07) is 0. The van der Waals surface area contributed by atoms with Gasteiger partial charge in [0.1, 0.15) is 12.0 Å². The Morgan fingerprint density at radius 1 is 1.86 bits per heavy atom. The van der Waals surface area contributed by atoms with Crippen LogP contribution in [0.1, 0.15) is 13.3 Å². The Labute approximate surface area is 42.5 Å². The van der Waals surface area contributed by atoms with Crippen molar-refractivity contribution in [1.29, 1.82) is 0 Å². The van der Waals surface area contributed by atoms with E-state index in [1.54, 1.807) is 6.92 Å². The monoisotopic (exact) mass is 99.0 g/mol. The van der Waals surface area contributed by atoms with Gasteiger partial charge in [-0.05, 0) is 6.42 Å². The van der Waals surface area contributed by atoms with Crippen LogP contribution in [0.3, 0.4) is 0 Å². The average Bonchev–Trinajstić information content (AvgIpc) is 1.68. The van der Waals surface area contributed by atoms with E-state index in [-0.39, 0.29) is 0 Å². The van der Waals surface area contributed by atoms with Crippen molar-refractivity contribution in [3.63, 3.8) is 0 Å². The second-order valence-electron chi connectivity index (χ2n) is 1.23. The Morgan fingerprint density at radius 2 is 2.43 bits per heavy atom. The molecule has 0 aliphatic carbocycles. The molecule has 0 saturated heterocycles. The van der Waals surface area contributed by atoms with Gasteiger partial charge in [0.15, 0.2) is 0 Å². The second kappa shape index (κ2) is 3.59. The zero-order valence-corrected chi connectivity index (χ0v) is 4.18. The molecule has 0 heterocycles. The second-order valence-corrected chi connectivity index (χ2v) is 1.23. The van der Waals surface area contributed by atoms with Crippen LogP contribution in [0.5, 0.6) is 0 Å². The lowest BCUT2D eigenvalue weighted by Gasteiger charge is -1.87. The molecule has 39 valence electrons. The fourth-order valence-corrected chi connectivity index (χ4v) is 0.194. The molecule has 7 heavy (non-hydrogen) atoms. The van der Waals surface area contributed by atoms with Crippen LogP contribution in [-0.4, -0.2) is 12.0 Å². The van der Waals surface area contributed by atoms with Crippen LogP contribution in [-0.2, 0) is 9.90 Å². The molecule has 0 fully saturated rings. The smallest absolute Gasteiger partial charge is 0.122 e. The van der Waals surface area contributed by atoms with Gasteiger partial charge in [-0.15, -0.1) is 0 Å². The highest BCUT2D eigenvalue weighted by Gasteiger charge is 1.92. The lowest BCUT2D eigenvalue weighted by molar-refractivity contribution is 0.127. The quantitative estimate of drug-likeness (QED) is 0.466. The highest BCUT2D eigenvalue weighted by Crippen LogP contribution is 1.87. The molecule has 0 amide bonds. The van der Waals surface area contributed by atoms with Crippen molar-refractivity contribution in [2.24, 2.45) is 0 Å². The maximum atomic E-state index is 10.2. The maximum Gasteiger partial charge on any atom is 0.122 e. The molecule has 1 unspecified atom stereocenters. The highest BCUT2D eigenvalue weighted by molar-refractivity contribution is 5.45. The van der Waals surface area contributed by atoms with E-state index in [4.69, 9.17) is 0 Å². The molecule has 2 heteroatoms. The van der Waals surface area contributed by atoms with Gasteiger partial charge in [-0.2, -0.15) is 0 Å². The molecule has 0 aromatic carbocycles. The minimum Gasteiger partial charge on any atom is -0.234 e. The van der Waals surface area contributed by atoms with Crippen LogP contribution < -0.4 is 0 Å². The summed E-state index contributed by atoms with van der Waals surface area (Å²) in [4.78, 5) is 9.39. The van der Waals surface area contributed by atoms with Crippen molar-refractivity contribution < 1.29 is 9.90 Å². The van der Waals surface area contributed by atoms with E-state index < -0.39 is 6.10 Å². The Kier molecular flexibility index (Phi) is 3.29. The van der Waals surface area contributed by atoms with Crippen molar-refractivity contribution in [3.05, 3.63) is 6.08 Å². The number of carbonyl (C=O) groups excluding carboxylic acids is 1. The zero-order valence-electron chi connectivity index (χ0n) is 4.18. The summed E-state index contributed by atoms with van der Waals surface area (Å²) in [6.45, 7) is 1.73. The summed E-state index contributed by atoms with van der Waals surface area (Å²) in [5, 5.41) is 10.2. The van der Waals surface area contributed by atoms with Crippen molar-refractivity contribution in [2.75, 3.05) is 0 Å². The van der Waals surface area contributed by atoms with E-state index in [2.05, 4.69) is 0 Å². The van der Waals surface area contributed by atoms with Crippen LogP contribution in [0.2, 0.25) is 0 Å². The molecule has 1 radical (unpaired) electrons. The third kappa shape index (κ3) is 3.23. The molecule has 0 spiro atoms. The van der Waals surface area contributed by atoms with Gasteiger partial charge in [0.25, 0.3) is 0 Å². The van der Waals surface area contributed by atoms with Crippen LogP contribution >= 0.6 is 0 Å². The SMILES string of the molecule is CCC([O])C=C=O. The molecule has 0 aromatic heterocycles. The van der Waals surface area contributed by atoms with Crippen LogP contribution in [0, 0.1) is 0 Å². The molecule has 0 aromatic rings. The lowest BCUT2D eigenvalue weighted by atomic mass is 10.3. The third-order valence-corrected chi connectivity index (χ3v) is 0.656. The fraction of sp³-hybridized carbons (Fsp3) is 0.600. The van der Waals surface area contributed by atoms with Crippen LogP contribution in [0.25, 0.3) is 0 Å². The predicted octanol–water partition coefficient (Wildman–Crippen LogP) is 0.583. The summed E-state index contributed by atoms with van der Waals surface area (Å²) in [5.41, 5.74) is 0. The van der Waals surface area contributed by atoms with Crippen molar-refractivity contribution in [3.8, 4) is 0 Å². The van der Waals surface area contributed by atoms with Crippen molar-refractivity contribution >= 4 is 5.94 Å². The number of hydrogen-bond donors (Lipinski definition) is 0. The van der Waals surface area contributed by atoms with E-state index in [1.807, 2.05) is 0 Å². The maximum absolute atomic E-state index is 10.2. The van der Waals surface area contributed by atoms with Crippen LogP contribution in [0.4, 0.5) is 0 Å². The van der Waals surface area contributed by atoms with E-state index >= 15 is 0 Å². The lowest BCUT2D eigenvalue weighted by Crippen LogP contribution is -1.95. The fourth-order valence-electron chi connectivity index (χ4n) is 0.194. The molecule has 2 nitrogen and oxygen atoms in total. The zero-order chi connectivity index (χ0) is 5.70. The largest absolute Gasteiger partial charge is 0.234 e. The summed E-state index contributed by atoms with van der Waals surface area (Å²) in [5.74, 6) is 1.43. The van der Waals surface area contributed by atoms with Gasteiger partial charge in [-0.1, -0.05) is 6.92 Å². The first kappa shape index (κ1) is 6.41. The summed E-state index contributed by atoms with van der Waals surface area (Å²) in [6.07, 6.45) is 0.604. The molecule has 0 saturated carbocycles. The van der Waals surface area contributed by atoms with Gasteiger partial charge in [-0.25, -0.2) is 9.90 Å². The van der Waals surface area contributed by atoms with E-state index in [0.717, 1.165) is 6.08 Å². The Bertz CT molecular complexity index is 82.1. The number of rotatable bonds is 2. The molecule has 0 aliphatic heterocycles. The standard InChI is InChI=1S/C5H7O2/c1-2-5(7)3-4-6/h3,5H,2H2,1H3. The normalized spacial score (nSPS) is 12.3. The van der Waals surface area contributed by atoms with E-state index in [1.165, 1.54) is 5.94 Å². The van der Waals surface area contributed by atoms with E-state index in [0.29, 0.717) is 6.42 Å². The van der Waals surface area contributed by atoms with E-state index in [9.17, 15) is 9.90 Å². The molecular formula is C5H7O2. The van der Waals surface area contributed by atoms with Gasteiger partial charge in [-0.3, -0.25) is 0 Å². The first-order valence-corrected chi connectivity index (χ1v) is 2.18. The first-order valence-electron chi connectivity index (χ1n) is 2.18. The summed E-state index contributed by atoms with van der Waals surface area (Å²) < 4.78 is 0. The summed E-state index contributed by atoms with van der Waals surface area (Å²) >= 11 is 0. The van der Waals surface area contributed by atoms with Gasteiger partial charge in [0, 0.05) is 6.08 Å². The minimum absolute atomic E-state index is 0.468. The molecule has 0 N–H and O–H groups in total. The predicted molar refractivity (Wildman–Crippen MR) is 25.0 cm³/mol. The van der Waals surface area contributed by atoms with Gasteiger partial charge in [0.05, 0.1) is 0 Å². The third-order valence-electron chi connectivity index (χ3n) is 0.656. The molecule has 0 rings (SSSR count). The Hall–Kier alpha value is -0.590.